The Balaban J connectivity index is 0.000000882. The van der Waals surface area contributed by atoms with Crippen molar-refractivity contribution in [2.45, 2.75) is 150 Å². The molecule has 2 aromatic heterocycles. The van der Waals surface area contributed by atoms with Gasteiger partial charge in [-0.25, -0.2) is 18.3 Å². The second kappa shape index (κ2) is 24.4. The summed E-state index contributed by atoms with van der Waals surface area (Å²) in [4.78, 5) is 24.0. The number of aromatic nitrogens is 4. The van der Waals surface area contributed by atoms with Crippen LogP contribution >= 0.6 is 0 Å². The van der Waals surface area contributed by atoms with Crippen molar-refractivity contribution in [3.63, 3.8) is 0 Å². The predicted octanol–water partition coefficient (Wildman–Crippen LogP) is 4.17. The van der Waals surface area contributed by atoms with Crippen LogP contribution in [0.15, 0.2) is 37.4 Å². The van der Waals surface area contributed by atoms with Crippen molar-refractivity contribution in [3.8, 4) is 0 Å². The molecule has 0 aliphatic heterocycles. The summed E-state index contributed by atoms with van der Waals surface area (Å²) in [5, 5.41) is 21.5. The van der Waals surface area contributed by atoms with E-state index in [0.29, 0.717) is 25.7 Å². The molecule has 0 saturated carbocycles. The van der Waals surface area contributed by atoms with Gasteiger partial charge in [0.05, 0.1) is 33.2 Å². The number of hydrogen-bond donors (Lipinski definition) is 1. The number of aliphatic carboxylic acids is 2. The molecule has 12 heteroatoms. The Morgan fingerprint density at radius 2 is 1.10 bits per heavy atom. The number of carboxylic acids is 2. The highest BCUT2D eigenvalue weighted by molar-refractivity contribution is 7.87. The van der Waals surface area contributed by atoms with E-state index in [1.807, 2.05) is 41.8 Å². The molecule has 2 heterocycles. The number of carbonyl (C=O) groups excluding carboxylic acids is 2. The molecular weight excluding hydrogens is 632 g/mol. The van der Waals surface area contributed by atoms with Crippen LogP contribution in [0.2, 0.25) is 0 Å². The molecule has 0 saturated heterocycles. The minimum Gasteiger partial charge on any atom is -0.549 e. The molecule has 3 atom stereocenters. The van der Waals surface area contributed by atoms with Crippen molar-refractivity contribution in [1.82, 2.24) is 9.13 Å². The average molecular weight is 699 g/mol. The molecule has 2 rings (SSSR count). The van der Waals surface area contributed by atoms with E-state index in [1.165, 1.54) is 25.7 Å². The molecule has 0 fully saturated rings. The van der Waals surface area contributed by atoms with Crippen molar-refractivity contribution >= 4 is 22.1 Å². The van der Waals surface area contributed by atoms with Crippen LogP contribution in [-0.2, 0) is 46.9 Å². The number of nitrogens with zero attached hydrogens (tertiary/aromatic N) is 4. The van der Waals surface area contributed by atoms with E-state index in [4.69, 9.17) is 0 Å². The summed E-state index contributed by atoms with van der Waals surface area (Å²) in [6, 6.07) is 0. The van der Waals surface area contributed by atoms with E-state index in [1.54, 1.807) is 0 Å². The normalized spacial score (nSPS) is 14.4. The minimum atomic E-state index is -5.20. The van der Waals surface area contributed by atoms with Gasteiger partial charge < -0.3 is 19.8 Å². The molecule has 3 unspecified atom stereocenters. The summed E-state index contributed by atoms with van der Waals surface area (Å²) in [7, 11) is -1.11. The zero-order chi connectivity index (χ0) is 36.8. The van der Waals surface area contributed by atoms with Gasteiger partial charge in [0.1, 0.15) is 30.0 Å². The lowest BCUT2D eigenvalue weighted by Gasteiger charge is -2.44. The maximum absolute atomic E-state index is 12.3. The van der Waals surface area contributed by atoms with Crippen LogP contribution in [0.3, 0.4) is 0 Å². The molecule has 0 aliphatic carbocycles. The second-order valence-electron chi connectivity index (χ2n) is 13.2. The van der Waals surface area contributed by atoms with Crippen molar-refractivity contribution in [2.24, 2.45) is 31.3 Å². The van der Waals surface area contributed by atoms with Gasteiger partial charge in [-0.15, -0.1) is 0 Å². The minimum absolute atomic E-state index is 0.174. The number of carbonyl (C=O) groups is 2. The first-order valence-corrected chi connectivity index (χ1v) is 19.6. The highest BCUT2D eigenvalue weighted by Crippen LogP contribution is 2.43. The number of hydrogen-bond acceptors (Lipinski definition) is 6. The van der Waals surface area contributed by atoms with E-state index in [9.17, 15) is 32.8 Å². The molecule has 2 aromatic rings. The summed E-state index contributed by atoms with van der Waals surface area (Å²) < 4.78 is 42.0. The first-order valence-electron chi connectivity index (χ1n) is 18.1. The Kier molecular flexibility index (Phi) is 23.0. The second-order valence-corrected chi connectivity index (χ2v) is 14.7. The van der Waals surface area contributed by atoms with Crippen LogP contribution in [0.25, 0.3) is 0 Å². The highest BCUT2D eigenvalue weighted by atomic mass is 32.2. The van der Waals surface area contributed by atoms with Gasteiger partial charge in [0.15, 0.2) is 0 Å². The van der Waals surface area contributed by atoms with Crippen molar-refractivity contribution in [2.75, 3.05) is 0 Å². The highest BCUT2D eigenvalue weighted by Gasteiger charge is 2.49. The predicted molar refractivity (Wildman–Crippen MR) is 185 cm³/mol. The summed E-state index contributed by atoms with van der Waals surface area (Å²) in [5.74, 6) is -4.22. The summed E-state index contributed by atoms with van der Waals surface area (Å²) in [5.41, 5.74) is -2.23. The number of imidazole rings is 2. The smallest absolute Gasteiger partial charge is 0.274 e. The Hall–Kier alpha value is -2.73. The zero-order valence-corrected chi connectivity index (χ0v) is 31.9. The monoisotopic (exact) mass is 698 g/mol. The molecule has 11 nitrogen and oxygen atoms in total. The van der Waals surface area contributed by atoms with E-state index in [2.05, 4.69) is 69.6 Å². The average Bonchev–Trinajstić information content (AvgIpc) is 3.65. The van der Waals surface area contributed by atoms with Crippen LogP contribution in [-0.4, -0.2) is 39.3 Å². The third-order valence-corrected chi connectivity index (χ3v) is 10.2. The number of carboxylic acid groups (broad SMARTS) is 2. The van der Waals surface area contributed by atoms with Crippen LogP contribution in [0.4, 0.5) is 0 Å². The molecule has 1 N–H and O–H groups in total. The number of rotatable bonds is 22. The quantitative estimate of drug-likeness (QED) is 0.143. The van der Waals surface area contributed by atoms with E-state index >= 15 is 0 Å². The maximum Gasteiger partial charge on any atom is 0.274 e. The topological polar surface area (TPSA) is 152 Å². The Bertz CT molecular complexity index is 1200. The van der Waals surface area contributed by atoms with E-state index < -0.39 is 32.7 Å². The van der Waals surface area contributed by atoms with Gasteiger partial charge in [0.2, 0.25) is 12.7 Å². The first-order chi connectivity index (χ1) is 22.6. The molecule has 0 aliphatic rings. The number of aryl methyl sites for hydroxylation is 4. The van der Waals surface area contributed by atoms with Crippen molar-refractivity contribution < 1.29 is 41.9 Å². The third-order valence-electron chi connectivity index (χ3n) is 9.00. The lowest BCUT2D eigenvalue weighted by molar-refractivity contribution is -0.671. The van der Waals surface area contributed by atoms with Gasteiger partial charge in [-0.05, 0) is 37.5 Å². The van der Waals surface area contributed by atoms with Crippen LogP contribution in [0.5, 0.6) is 0 Å². The Labute approximate surface area is 291 Å². The van der Waals surface area contributed by atoms with Crippen molar-refractivity contribution in [3.05, 3.63) is 37.4 Å². The Morgan fingerprint density at radius 3 is 1.33 bits per heavy atom. The molecular formula is C36H66N4O7S. The molecule has 0 amide bonds. The van der Waals surface area contributed by atoms with Crippen LogP contribution < -0.4 is 19.3 Å². The van der Waals surface area contributed by atoms with Gasteiger partial charge in [0.25, 0.3) is 10.1 Å². The third kappa shape index (κ3) is 17.1. The van der Waals surface area contributed by atoms with Crippen molar-refractivity contribution in [1.29, 1.82) is 0 Å². The molecule has 278 valence electrons. The molecule has 0 aromatic carbocycles. The van der Waals surface area contributed by atoms with Gasteiger partial charge in [-0.1, -0.05) is 106 Å². The summed E-state index contributed by atoms with van der Waals surface area (Å²) in [6.07, 6.45) is 23.1. The number of unbranched alkanes of at least 4 members (excludes halogenated alkanes) is 4. The lowest BCUT2D eigenvalue weighted by Crippen LogP contribution is -2.60. The maximum atomic E-state index is 12.3. The fourth-order valence-corrected chi connectivity index (χ4v) is 7.17. The largest absolute Gasteiger partial charge is 0.549 e. The van der Waals surface area contributed by atoms with Crippen LogP contribution in [0, 0.1) is 17.3 Å². The van der Waals surface area contributed by atoms with Crippen LogP contribution in [0.1, 0.15) is 131 Å². The van der Waals surface area contributed by atoms with E-state index in [-0.39, 0.29) is 24.7 Å². The molecule has 0 spiro atoms. The van der Waals surface area contributed by atoms with E-state index in [0.717, 1.165) is 38.8 Å². The summed E-state index contributed by atoms with van der Waals surface area (Å²) in [6.45, 7) is 14.4. The first kappa shape index (κ1) is 45.3. The molecule has 48 heavy (non-hydrogen) atoms. The zero-order valence-electron chi connectivity index (χ0n) is 31.1. The van der Waals surface area contributed by atoms with Gasteiger partial charge >= 0.3 is 0 Å². The summed E-state index contributed by atoms with van der Waals surface area (Å²) >= 11 is 0. The molecule has 0 radical (unpaired) electrons. The standard InChI is InChI=1S/C20H38O7S.2C8H15N2/c1-5-9-11-15(7-3)13-20(19(23)24,14-16(8-4)12-10-6-2)17(18(21)22)28(25,26)27;2*1-3-4-5-10-7-6-9(2)8-10/h15-17H,5-14H2,1-4H3,(H,21,22)(H,23,24)(H,25,26,27);2*6-8H,3-5H2,1-2H3/q;2*+1/p-2. The van der Waals surface area contributed by atoms with Gasteiger partial charge in [-0.2, -0.15) is 8.42 Å². The fourth-order valence-electron chi connectivity index (χ4n) is 6.07. The Morgan fingerprint density at radius 1 is 0.729 bits per heavy atom. The van der Waals surface area contributed by atoms with Gasteiger partial charge in [0, 0.05) is 11.4 Å². The fraction of sp³-hybridized carbons (Fsp3) is 0.778. The lowest BCUT2D eigenvalue weighted by atomic mass is 9.68. The van der Waals surface area contributed by atoms with Gasteiger partial charge in [-0.3, -0.25) is 4.55 Å². The molecule has 0 bridgehead atoms. The SMILES string of the molecule is CCCCC(CC)CC(CC(CC)CCCC)(C(=O)[O-])C(C(=O)[O-])S(=O)(=O)O.CCCCn1cc[n+](C)c1.CCCCn1cc[n+](C)c1.